The van der Waals surface area contributed by atoms with Gasteiger partial charge in [0.15, 0.2) is 0 Å². The number of carbonyl (C=O) groups excluding carboxylic acids is 1. The van der Waals surface area contributed by atoms with Gasteiger partial charge in [0.25, 0.3) is 0 Å². The quantitative estimate of drug-likeness (QED) is 0.674. The number of aromatic nitrogens is 2. The van der Waals surface area contributed by atoms with Crippen LogP contribution < -0.4 is 5.32 Å². The Hall–Kier alpha value is -3.18. The number of rotatable bonds is 4. The molecular formula is C20H14F3N3OS. The highest BCUT2D eigenvalue weighted by atomic mass is 32.1. The number of thiazole rings is 1. The minimum atomic E-state index is -4.41. The van der Waals surface area contributed by atoms with Crippen LogP contribution in [0.25, 0.3) is 10.7 Å². The number of nitrogens with zero attached hydrogens (tertiary/aromatic N) is 2. The van der Waals surface area contributed by atoms with Crippen molar-refractivity contribution in [1.29, 1.82) is 0 Å². The van der Waals surface area contributed by atoms with E-state index in [1.807, 2.05) is 18.2 Å². The van der Waals surface area contributed by atoms with Crippen LogP contribution in [0.2, 0.25) is 0 Å². The van der Waals surface area contributed by atoms with Gasteiger partial charge in [-0.3, -0.25) is 9.78 Å². The van der Waals surface area contributed by atoms with Crippen LogP contribution in [0, 0.1) is 11.8 Å². The average molecular weight is 401 g/mol. The predicted molar refractivity (Wildman–Crippen MR) is 100 cm³/mol. The molecule has 0 bridgehead atoms. The number of nitrogens with one attached hydrogen (secondary N) is 1. The van der Waals surface area contributed by atoms with E-state index in [1.165, 1.54) is 23.5 Å². The van der Waals surface area contributed by atoms with Gasteiger partial charge in [-0.15, -0.1) is 11.3 Å². The molecule has 0 fully saturated rings. The molecule has 0 aliphatic rings. The lowest BCUT2D eigenvalue weighted by molar-refractivity contribution is -0.137. The van der Waals surface area contributed by atoms with Crippen molar-refractivity contribution in [1.82, 2.24) is 15.3 Å². The second kappa shape index (κ2) is 8.67. The van der Waals surface area contributed by atoms with E-state index in [-0.39, 0.29) is 24.4 Å². The van der Waals surface area contributed by atoms with Crippen LogP contribution in [0.4, 0.5) is 13.2 Å². The second-order valence-corrected chi connectivity index (χ2v) is 6.55. The molecule has 3 rings (SSSR count). The van der Waals surface area contributed by atoms with Crippen LogP contribution in [0.15, 0.2) is 54.0 Å². The van der Waals surface area contributed by atoms with Crippen LogP contribution in [0.5, 0.6) is 0 Å². The van der Waals surface area contributed by atoms with Gasteiger partial charge < -0.3 is 5.32 Å². The number of carbonyl (C=O) groups is 1. The Bertz CT molecular complexity index is 1020. The third-order valence-corrected chi connectivity index (χ3v) is 4.49. The summed E-state index contributed by atoms with van der Waals surface area (Å²) in [5, 5.41) is 5.13. The summed E-state index contributed by atoms with van der Waals surface area (Å²) in [6.45, 7) is 0.0340. The van der Waals surface area contributed by atoms with E-state index in [1.54, 1.807) is 11.6 Å². The summed E-state index contributed by atoms with van der Waals surface area (Å²) in [6.07, 6.45) is -2.64. The van der Waals surface area contributed by atoms with Crippen LogP contribution in [0.3, 0.4) is 0 Å². The summed E-state index contributed by atoms with van der Waals surface area (Å²) in [4.78, 5) is 20.6. The Kier molecular flexibility index (Phi) is 6.06. The predicted octanol–water partition coefficient (Wildman–Crippen LogP) is 3.93. The van der Waals surface area contributed by atoms with Gasteiger partial charge >= 0.3 is 6.18 Å². The standard InChI is InChI=1S/C20H14F3N3OS/c21-20(22,23)15-7-3-5-14(11-15)6-4-10-25-18(27)12-16-13-28-19(26-16)17-8-1-2-9-24-17/h1-3,5,7-9,11,13H,10,12H2,(H,25,27). The molecule has 0 aliphatic heterocycles. The number of hydrogen-bond acceptors (Lipinski definition) is 4. The Labute approximate surface area is 163 Å². The smallest absolute Gasteiger partial charge is 0.345 e. The molecule has 142 valence electrons. The van der Waals surface area contributed by atoms with Crippen molar-refractivity contribution >= 4 is 17.2 Å². The number of alkyl halides is 3. The maximum absolute atomic E-state index is 12.7. The van der Waals surface area contributed by atoms with Crippen molar-refractivity contribution in [3.8, 4) is 22.5 Å². The van der Waals surface area contributed by atoms with Crippen molar-refractivity contribution in [2.75, 3.05) is 6.54 Å². The zero-order valence-corrected chi connectivity index (χ0v) is 15.3. The summed E-state index contributed by atoms with van der Waals surface area (Å²) >= 11 is 1.40. The monoisotopic (exact) mass is 401 g/mol. The summed E-state index contributed by atoms with van der Waals surface area (Å²) in [6, 6.07) is 10.3. The van der Waals surface area contributed by atoms with Crippen molar-refractivity contribution < 1.29 is 18.0 Å². The van der Waals surface area contributed by atoms with Gasteiger partial charge in [-0.05, 0) is 30.3 Å². The van der Waals surface area contributed by atoms with Gasteiger partial charge in [0.1, 0.15) is 5.01 Å². The number of benzene rings is 1. The molecule has 0 atom stereocenters. The van der Waals surface area contributed by atoms with Crippen LogP contribution in [-0.4, -0.2) is 22.4 Å². The molecule has 2 heterocycles. The van der Waals surface area contributed by atoms with Crippen LogP contribution in [0.1, 0.15) is 16.8 Å². The first kappa shape index (κ1) is 19.6. The lowest BCUT2D eigenvalue weighted by Crippen LogP contribution is -2.25. The van der Waals surface area contributed by atoms with Crippen molar-refractivity contribution in [3.63, 3.8) is 0 Å². The third-order valence-electron chi connectivity index (χ3n) is 3.57. The number of hydrogen-bond donors (Lipinski definition) is 1. The Morgan fingerprint density at radius 3 is 2.79 bits per heavy atom. The average Bonchev–Trinajstić information content (AvgIpc) is 3.14. The molecule has 8 heteroatoms. The highest BCUT2D eigenvalue weighted by Gasteiger charge is 2.30. The largest absolute Gasteiger partial charge is 0.416 e. The van der Waals surface area contributed by atoms with E-state index in [9.17, 15) is 18.0 Å². The Morgan fingerprint density at radius 2 is 2.04 bits per heavy atom. The first-order valence-electron chi connectivity index (χ1n) is 8.20. The summed E-state index contributed by atoms with van der Waals surface area (Å²) in [5.74, 6) is 5.00. The fourth-order valence-electron chi connectivity index (χ4n) is 2.28. The molecular weight excluding hydrogens is 387 g/mol. The fourth-order valence-corrected chi connectivity index (χ4v) is 3.08. The van der Waals surface area contributed by atoms with Crippen molar-refractivity contribution in [2.24, 2.45) is 0 Å². The topological polar surface area (TPSA) is 54.9 Å². The second-order valence-electron chi connectivity index (χ2n) is 5.69. The summed E-state index contributed by atoms with van der Waals surface area (Å²) in [5.41, 5.74) is 0.847. The van der Waals surface area contributed by atoms with E-state index in [0.717, 1.165) is 22.8 Å². The molecule has 28 heavy (non-hydrogen) atoms. The molecule has 1 aromatic carbocycles. The zero-order valence-electron chi connectivity index (χ0n) is 14.5. The highest BCUT2D eigenvalue weighted by molar-refractivity contribution is 7.13. The highest BCUT2D eigenvalue weighted by Crippen LogP contribution is 2.29. The SMILES string of the molecule is O=C(Cc1csc(-c2ccccn2)n1)NCC#Cc1cccc(C(F)(F)F)c1. The van der Waals surface area contributed by atoms with Gasteiger partial charge in [0.05, 0.1) is 29.9 Å². The normalized spacial score (nSPS) is 10.8. The van der Waals surface area contributed by atoms with Gasteiger partial charge in [0, 0.05) is 17.1 Å². The first-order chi connectivity index (χ1) is 13.4. The lowest BCUT2D eigenvalue weighted by Gasteiger charge is -2.05. The maximum Gasteiger partial charge on any atom is 0.416 e. The summed E-state index contributed by atoms with van der Waals surface area (Å²) in [7, 11) is 0. The molecule has 0 unspecified atom stereocenters. The van der Waals surface area contributed by atoms with E-state index in [0.29, 0.717) is 5.69 Å². The molecule has 2 aromatic heterocycles. The molecule has 3 aromatic rings. The molecule has 0 radical (unpaired) electrons. The third kappa shape index (κ3) is 5.41. The fraction of sp³-hybridized carbons (Fsp3) is 0.150. The molecule has 0 saturated carbocycles. The minimum Gasteiger partial charge on any atom is -0.345 e. The molecule has 1 amide bonds. The molecule has 4 nitrogen and oxygen atoms in total. The van der Waals surface area contributed by atoms with Crippen molar-refractivity contribution in [3.05, 3.63) is 70.9 Å². The number of pyridine rings is 1. The van der Waals surface area contributed by atoms with E-state index >= 15 is 0 Å². The maximum atomic E-state index is 12.7. The van der Waals surface area contributed by atoms with Gasteiger partial charge in [-0.2, -0.15) is 13.2 Å². The molecule has 0 spiro atoms. The first-order valence-corrected chi connectivity index (χ1v) is 9.08. The summed E-state index contributed by atoms with van der Waals surface area (Å²) < 4.78 is 38.0. The lowest BCUT2D eigenvalue weighted by atomic mass is 10.1. The zero-order chi connectivity index (χ0) is 20.0. The minimum absolute atomic E-state index is 0.0340. The van der Waals surface area contributed by atoms with E-state index in [4.69, 9.17) is 0 Å². The van der Waals surface area contributed by atoms with E-state index in [2.05, 4.69) is 27.1 Å². The van der Waals surface area contributed by atoms with Gasteiger partial charge in [0.2, 0.25) is 5.91 Å². The van der Waals surface area contributed by atoms with Crippen molar-refractivity contribution in [2.45, 2.75) is 12.6 Å². The molecule has 0 aliphatic carbocycles. The van der Waals surface area contributed by atoms with Gasteiger partial charge in [-0.25, -0.2) is 4.98 Å². The van der Waals surface area contributed by atoms with Crippen LogP contribution in [-0.2, 0) is 17.4 Å². The Balaban J connectivity index is 1.52. The van der Waals surface area contributed by atoms with Crippen LogP contribution >= 0.6 is 11.3 Å². The van der Waals surface area contributed by atoms with Gasteiger partial charge in [-0.1, -0.05) is 24.0 Å². The Morgan fingerprint density at radius 1 is 1.18 bits per heavy atom. The molecule has 1 N–H and O–H groups in total. The number of amides is 1. The van der Waals surface area contributed by atoms with E-state index < -0.39 is 11.7 Å². The molecule has 0 saturated heterocycles. The number of halogens is 3.